The summed E-state index contributed by atoms with van der Waals surface area (Å²) in [4.78, 5) is 14.6. The lowest BCUT2D eigenvalue weighted by Gasteiger charge is -2.32. The van der Waals surface area contributed by atoms with Gasteiger partial charge in [-0.2, -0.15) is 0 Å². The van der Waals surface area contributed by atoms with Crippen molar-refractivity contribution in [3.63, 3.8) is 0 Å². The summed E-state index contributed by atoms with van der Waals surface area (Å²) < 4.78 is 11.7. The number of amidine groups is 1. The van der Waals surface area contributed by atoms with Gasteiger partial charge in [0, 0.05) is 48.4 Å². The number of anilines is 1. The fraction of sp³-hybridized carbons (Fsp3) is 0.478. The van der Waals surface area contributed by atoms with Crippen LogP contribution in [-0.4, -0.2) is 59.8 Å². The summed E-state index contributed by atoms with van der Waals surface area (Å²) in [6.07, 6.45) is 1.86. The summed E-state index contributed by atoms with van der Waals surface area (Å²) in [6, 6.07) is 12.8. The Labute approximate surface area is 182 Å². The number of fused-ring (bicyclic) bond motifs is 1. The van der Waals surface area contributed by atoms with Crippen LogP contribution in [0, 0.1) is 0 Å². The number of rotatable bonds is 5. The van der Waals surface area contributed by atoms with Crippen LogP contribution in [0.15, 0.2) is 47.6 Å². The molecule has 7 heteroatoms. The summed E-state index contributed by atoms with van der Waals surface area (Å²) in [5.74, 6) is 0.952. The van der Waals surface area contributed by atoms with Crippen molar-refractivity contribution in [3.05, 3.63) is 53.9 Å². The normalized spacial score (nSPS) is 25.9. The molecule has 0 aliphatic carbocycles. The van der Waals surface area contributed by atoms with Crippen LogP contribution in [0.5, 0.6) is 5.75 Å². The van der Waals surface area contributed by atoms with Gasteiger partial charge in [-0.3, -0.25) is 9.98 Å². The Kier molecular flexibility index (Phi) is 5.56. The summed E-state index contributed by atoms with van der Waals surface area (Å²) in [6.45, 7) is 9.33. The maximum Gasteiger partial charge on any atom is 0.160 e. The lowest BCUT2D eigenvalue weighted by molar-refractivity contribution is 0.122. The average Bonchev–Trinajstić information content (AvgIpc) is 3.31. The number of pyridine rings is 1. The van der Waals surface area contributed by atoms with Crippen molar-refractivity contribution in [3.8, 4) is 5.75 Å². The molecule has 1 aromatic heterocycles. The van der Waals surface area contributed by atoms with E-state index in [1.54, 1.807) is 0 Å². The van der Waals surface area contributed by atoms with Crippen LogP contribution < -0.4 is 9.64 Å². The molecule has 5 rings (SSSR count). The molecule has 3 atom stereocenters. The fourth-order valence-electron chi connectivity index (χ4n) is 4.52. The molecule has 4 heterocycles. The Morgan fingerprint density at radius 3 is 2.83 bits per heavy atom. The second kappa shape index (κ2) is 8.47. The van der Waals surface area contributed by atoms with E-state index in [1.165, 1.54) is 11.3 Å². The molecule has 0 radical (unpaired) electrons. The lowest BCUT2D eigenvalue weighted by atomic mass is 9.95. The number of ether oxygens (including phenoxy) is 2. The number of benzene rings is 1. The minimum Gasteiger partial charge on any atom is -0.493 e. The zero-order chi connectivity index (χ0) is 20.5. The van der Waals surface area contributed by atoms with Gasteiger partial charge in [0.1, 0.15) is 11.8 Å². The van der Waals surface area contributed by atoms with Gasteiger partial charge in [0.25, 0.3) is 0 Å². The van der Waals surface area contributed by atoms with Crippen LogP contribution >= 0.6 is 11.8 Å². The highest BCUT2D eigenvalue weighted by Gasteiger charge is 2.44. The van der Waals surface area contributed by atoms with Gasteiger partial charge in [-0.25, -0.2) is 0 Å². The summed E-state index contributed by atoms with van der Waals surface area (Å²) >= 11 is 1.86. The van der Waals surface area contributed by atoms with Crippen molar-refractivity contribution in [2.45, 2.75) is 31.2 Å². The molecule has 6 nitrogen and oxygen atoms in total. The average molecular weight is 425 g/mol. The molecule has 2 aromatic rings. The number of morpholine rings is 1. The highest BCUT2D eigenvalue weighted by Crippen LogP contribution is 2.50. The van der Waals surface area contributed by atoms with E-state index in [1.807, 2.05) is 37.0 Å². The van der Waals surface area contributed by atoms with E-state index in [2.05, 4.69) is 46.0 Å². The first-order valence-corrected chi connectivity index (χ1v) is 11.6. The molecule has 158 valence electrons. The van der Waals surface area contributed by atoms with Crippen molar-refractivity contribution in [1.82, 2.24) is 9.88 Å². The van der Waals surface area contributed by atoms with Crippen LogP contribution in [0.25, 0.3) is 0 Å². The minimum absolute atomic E-state index is 0.0188. The Balaban J connectivity index is 1.54. The number of nitrogens with zero attached hydrogens (tertiary/aromatic N) is 4. The topological polar surface area (TPSA) is 50.2 Å². The molecule has 0 bridgehead atoms. The summed E-state index contributed by atoms with van der Waals surface area (Å²) in [5.41, 5.74) is 3.40. The Bertz CT molecular complexity index is 917. The third kappa shape index (κ3) is 3.65. The third-order valence-electron chi connectivity index (χ3n) is 5.87. The van der Waals surface area contributed by atoms with Crippen LogP contribution in [-0.2, 0) is 4.74 Å². The molecular formula is C23H28N4O2S. The zero-order valence-electron chi connectivity index (χ0n) is 17.5. The van der Waals surface area contributed by atoms with E-state index in [9.17, 15) is 0 Å². The Hall–Kier alpha value is -2.25. The third-order valence-corrected chi connectivity index (χ3v) is 6.98. The van der Waals surface area contributed by atoms with Crippen molar-refractivity contribution in [2.24, 2.45) is 4.99 Å². The minimum atomic E-state index is -0.0188. The predicted octanol–water partition coefficient (Wildman–Crippen LogP) is 3.91. The standard InChI is InChI=1S/C23H28N4O2S/c1-3-29-20-14-17(26-10-12-28-13-11-26)7-8-18(20)22-21(19-6-4-5-9-24-19)25-23-27(22)15-16(2)30-23/h4-9,14,16,21-22H,3,10-13,15H2,1-2H3/t16-,21+,22-/m1/s1. The van der Waals surface area contributed by atoms with E-state index in [-0.39, 0.29) is 12.1 Å². The summed E-state index contributed by atoms with van der Waals surface area (Å²) in [7, 11) is 0. The predicted molar refractivity (Wildman–Crippen MR) is 122 cm³/mol. The highest BCUT2D eigenvalue weighted by atomic mass is 32.2. The van der Waals surface area contributed by atoms with Gasteiger partial charge in [-0.15, -0.1) is 0 Å². The number of hydrogen-bond acceptors (Lipinski definition) is 7. The molecule has 30 heavy (non-hydrogen) atoms. The zero-order valence-corrected chi connectivity index (χ0v) is 18.3. The maximum absolute atomic E-state index is 6.18. The van der Waals surface area contributed by atoms with Gasteiger partial charge in [-0.1, -0.05) is 30.8 Å². The van der Waals surface area contributed by atoms with Crippen molar-refractivity contribution in [2.75, 3.05) is 44.4 Å². The quantitative estimate of drug-likeness (QED) is 0.726. The number of aliphatic imine (C=N–C) groups is 1. The van der Waals surface area contributed by atoms with E-state index in [4.69, 9.17) is 14.5 Å². The molecule has 2 saturated heterocycles. The van der Waals surface area contributed by atoms with Gasteiger partial charge in [0.2, 0.25) is 0 Å². The van der Waals surface area contributed by atoms with Gasteiger partial charge >= 0.3 is 0 Å². The second-order valence-corrected chi connectivity index (χ2v) is 9.30. The second-order valence-electron chi connectivity index (χ2n) is 7.89. The Morgan fingerprint density at radius 2 is 2.07 bits per heavy atom. The molecule has 0 spiro atoms. The number of hydrogen-bond donors (Lipinski definition) is 0. The molecule has 0 unspecified atom stereocenters. The molecule has 3 aliphatic rings. The number of thioether (sulfide) groups is 1. The van der Waals surface area contributed by atoms with Gasteiger partial charge < -0.3 is 19.3 Å². The molecule has 0 amide bonds. The smallest absolute Gasteiger partial charge is 0.160 e. The first-order valence-electron chi connectivity index (χ1n) is 10.8. The van der Waals surface area contributed by atoms with Gasteiger partial charge in [0.05, 0.1) is 31.6 Å². The fourth-order valence-corrected chi connectivity index (χ4v) is 5.61. The first-order chi connectivity index (χ1) is 14.7. The maximum atomic E-state index is 6.18. The summed E-state index contributed by atoms with van der Waals surface area (Å²) in [5, 5.41) is 1.67. The van der Waals surface area contributed by atoms with Crippen molar-refractivity contribution in [1.29, 1.82) is 0 Å². The monoisotopic (exact) mass is 424 g/mol. The first kappa shape index (κ1) is 19.7. The van der Waals surface area contributed by atoms with Crippen LogP contribution in [0.2, 0.25) is 0 Å². The molecule has 0 saturated carbocycles. The van der Waals surface area contributed by atoms with Crippen molar-refractivity contribution < 1.29 is 9.47 Å². The van der Waals surface area contributed by atoms with Crippen molar-refractivity contribution >= 4 is 22.6 Å². The molecule has 0 N–H and O–H groups in total. The lowest BCUT2D eigenvalue weighted by Crippen LogP contribution is -2.36. The van der Waals surface area contributed by atoms with E-state index in [0.717, 1.165) is 49.5 Å². The largest absolute Gasteiger partial charge is 0.493 e. The molecule has 3 aliphatic heterocycles. The number of aromatic nitrogens is 1. The van der Waals surface area contributed by atoms with Crippen LogP contribution in [0.4, 0.5) is 5.69 Å². The van der Waals surface area contributed by atoms with Crippen LogP contribution in [0.1, 0.15) is 37.2 Å². The van der Waals surface area contributed by atoms with Crippen LogP contribution in [0.3, 0.4) is 0 Å². The Morgan fingerprint density at radius 1 is 1.20 bits per heavy atom. The SMILES string of the molecule is CCOc1cc(N2CCOCC2)ccc1[C@@H]1[C@H](c2ccccn2)N=C2S[C@H](C)CN21. The highest BCUT2D eigenvalue weighted by molar-refractivity contribution is 8.14. The molecule has 1 aromatic carbocycles. The van der Waals surface area contributed by atoms with E-state index < -0.39 is 0 Å². The van der Waals surface area contributed by atoms with E-state index in [0.29, 0.717) is 11.9 Å². The van der Waals surface area contributed by atoms with E-state index >= 15 is 0 Å². The molecular weight excluding hydrogens is 396 g/mol. The van der Waals surface area contributed by atoms with Gasteiger partial charge in [0.15, 0.2) is 5.17 Å². The van der Waals surface area contributed by atoms with Gasteiger partial charge in [-0.05, 0) is 25.1 Å². The molecule has 2 fully saturated rings.